The second-order valence-electron chi connectivity index (χ2n) is 3.64. The summed E-state index contributed by atoms with van der Waals surface area (Å²) >= 11 is 0. The highest BCUT2D eigenvalue weighted by molar-refractivity contribution is 5.81. The van der Waals surface area contributed by atoms with Crippen molar-refractivity contribution >= 4 is 10.9 Å². The van der Waals surface area contributed by atoms with E-state index in [1.54, 1.807) is 13.4 Å². The molecule has 0 N–H and O–H groups in total. The van der Waals surface area contributed by atoms with Crippen LogP contribution in [0.2, 0.25) is 0 Å². The van der Waals surface area contributed by atoms with Crippen LogP contribution < -0.4 is 5.56 Å². The van der Waals surface area contributed by atoms with Crippen molar-refractivity contribution in [2.45, 2.75) is 13.8 Å². The topological polar surface area (TPSA) is 34.9 Å². The number of hydrogen-bond acceptors (Lipinski definition) is 2. The van der Waals surface area contributed by atoms with Crippen molar-refractivity contribution in [1.29, 1.82) is 0 Å². The average molecular weight is 188 g/mol. The van der Waals surface area contributed by atoms with E-state index >= 15 is 0 Å². The van der Waals surface area contributed by atoms with Crippen molar-refractivity contribution in [3.63, 3.8) is 0 Å². The summed E-state index contributed by atoms with van der Waals surface area (Å²) in [5.74, 6) is 0. The minimum Gasteiger partial charge on any atom is -0.302 e. The second-order valence-corrected chi connectivity index (χ2v) is 3.64. The number of hydrogen-bond donors (Lipinski definition) is 0. The van der Waals surface area contributed by atoms with Crippen LogP contribution in [0.15, 0.2) is 23.3 Å². The summed E-state index contributed by atoms with van der Waals surface area (Å²) in [4.78, 5) is 16.0. The fraction of sp³-hybridized carbons (Fsp3) is 0.273. The van der Waals surface area contributed by atoms with E-state index in [1.165, 1.54) is 4.57 Å². The lowest BCUT2D eigenvalue weighted by Gasteiger charge is -2.04. The van der Waals surface area contributed by atoms with Gasteiger partial charge in [-0.2, -0.15) is 0 Å². The van der Waals surface area contributed by atoms with Crippen molar-refractivity contribution < 1.29 is 0 Å². The van der Waals surface area contributed by atoms with Gasteiger partial charge in [0.2, 0.25) is 0 Å². The molecule has 3 heteroatoms. The van der Waals surface area contributed by atoms with Crippen LogP contribution in [-0.4, -0.2) is 9.55 Å². The first-order valence-corrected chi connectivity index (χ1v) is 4.52. The molecule has 0 saturated heterocycles. The highest BCUT2D eigenvalue weighted by Gasteiger charge is 2.04. The van der Waals surface area contributed by atoms with Crippen molar-refractivity contribution in [2.75, 3.05) is 0 Å². The van der Waals surface area contributed by atoms with E-state index in [9.17, 15) is 4.79 Å². The van der Waals surface area contributed by atoms with Gasteiger partial charge in [0.15, 0.2) is 0 Å². The molecule has 0 aliphatic carbocycles. The van der Waals surface area contributed by atoms with Crippen LogP contribution in [0.1, 0.15) is 11.1 Å². The lowest BCUT2D eigenvalue weighted by atomic mass is 10.1. The summed E-state index contributed by atoms with van der Waals surface area (Å²) in [7, 11) is 1.71. The minimum atomic E-state index is 0.0156. The van der Waals surface area contributed by atoms with Crippen molar-refractivity contribution in [3.05, 3.63) is 39.9 Å². The minimum absolute atomic E-state index is 0.0156. The Morgan fingerprint density at radius 1 is 1.29 bits per heavy atom. The molecule has 0 spiro atoms. The van der Waals surface area contributed by atoms with E-state index in [0.29, 0.717) is 5.39 Å². The first-order chi connectivity index (χ1) is 6.59. The highest BCUT2D eigenvalue weighted by Crippen LogP contribution is 2.14. The number of benzene rings is 1. The SMILES string of the molecule is Cc1cc(C)c2ncn(C)c(=O)c2c1. The number of fused-ring (bicyclic) bond motifs is 1. The van der Waals surface area contributed by atoms with E-state index in [1.807, 2.05) is 26.0 Å². The van der Waals surface area contributed by atoms with Gasteiger partial charge in [0.25, 0.3) is 5.56 Å². The summed E-state index contributed by atoms with van der Waals surface area (Å²) in [6.07, 6.45) is 1.56. The third kappa shape index (κ3) is 1.21. The first-order valence-electron chi connectivity index (χ1n) is 4.52. The molecular weight excluding hydrogens is 176 g/mol. The molecule has 0 unspecified atom stereocenters. The van der Waals surface area contributed by atoms with E-state index in [0.717, 1.165) is 16.6 Å². The molecular formula is C11H12N2O. The molecule has 0 amide bonds. The lowest BCUT2D eigenvalue weighted by molar-refractivity contribution is 0.842. The van der Waals surface area contributed by atoms with Crippen molar-refractivity contribution in [1.82, 2.24) is 9.55 Å². The Labute approximate surface area is 82.0 Å². The molecule has 3 nitrogen and oxygen atoms in total. The zero-order valence-electron chi connectivity index (χ0n) is 8.53. The van der Waals surface area contributed by atoms with Crippen LogP contribution in [0.5, 0.6) is 0 Å². The number of rotatable bonds is 0. The zero-order valence-corrected chi connectivity index (χ0v) is 8.53. The van der Waals surface area contributed by atoms with E-state index in [-0.39, 0.29) is 5.56 Å². The van der Waals surface area contributed by atoms with Crippen LogP contribution in [0.25, 0.3) is 10.9 Å². The Balaban J connectivity index is 3.03. The Morgan fingerprint density at radius 2 is 2.00 bits per heavy atom. The smallest absolute Gasteiger partial charge is 0.260 e. The predicted molar refractivity (Wildman–Crippen MR) is 56.5 cm³/mol. The van der Waals surface area contributed by atoms with Crippen LogP contribution in [0.4, 0.5) is 0 Å². The van der Waals surface area contributed by atoms with Crippen LogP contribution in [-0.2, 0) is 7.05 Å². The summed E-state index contributed by atoms with van der Waals surface area (Å²) in [6, 6.07) is 3.92. The van der Waals surface area contributed by atoms with Gasteiger partial charge in [-0.3, -0.25) is 4.79 Å². The van der Waals surface area contributed by atoms with Gasteiger partial charge in [-0.15, -0.1) is 0 Å². The largest absolute Gasteiger partial charge is 0.302 e. The molecule has 0 radical (unpaired) electrons. The van der Waals surface area contributed by atoms with E-state index < -0.39 is 0 Å². The molecule has 1 aromatic heterocycles. The van der Waals surface area contributed by atoms with Gasteiger partial charge in [-0.1, -0.05) is 6.07 Å². The Morgan fingerprint density at radius 3 is 2.71 bits per heavy atom. The molecule has 0 fully saturated rings. The van der Waals surface area contributed by atoms with E-state index in [2.05, 4.69) is 4.98 Å². The molecule has 0 saturated carbocycles. The highest BCUT2D eigenvalue weighted by atomic mass is 16.1. The summed E-state index contributed by atoms with van der Waals surface area (Å²) in [5, 5.41) is 0.701. The van der Waals surface area contributed by atoms with E-state index in [4.69, 9.17) is 0 Å². The Bertz CT molecular complexity index is 555. The van der Waals surface area contributed by atoms with Gasteiger partial charge in [0, 0.05) is 7.05 Å². The summed E-state index contributed by atoms with van der Waals surface area (Å²) in [5.41, 5.74) is 2.97. The normalized spacial score (nSPS) is 10.8. The Hall–Kier alpha value is -1.64. The molecule has 0 atom stereocenters. The van der Waals surface area contributed by atoms with Crippen LogP contribution >= 0.6 is 0 Å². The van der Waals surface area contributed by atoms with Crippen molar-refractivity contribution in [2.24, 2.45) is 7.05 Å². The predicted octanol–water partition coefficient (Wildman–Crippen LogP) is 1.55. The molecule has 0 aliphatic heterocycles. The zero-order chi connectivity index (χ0) is 10.3. The maximum absolute atomic E-state index is 11.8. The maximum Gasteiger partial charge on any atom is 0.260 e. The molecule has 1 aromatic carbocycles. The van der Waals surface area contributed by atoms with Crippen LogP contribution in [0.3, 0.4) is 0 Å². The summed E-state index contributed by atoms with van der Waals surface area (Å²) < 4.78 is 1.50. The number of aryl methyl sites for hydroxylation is 3. The molecule has 1 heterocycles. The second kappa shape index (κ2) is 2.94. The number of nitrogens with zero attached hydrogens (tertiary/aromatic N) is 2. The Kier molecular flexibility index (Phi) is 1.88. The summed E-state index contributed by atoms with van der Waals surface area (Å²) in [6.45, 7) is 3.96. The molecule has 0 bridgehead atoms. The third-order valence-corrected chi connectivity index (χ3v) is 2.36. The standard InChI is InChI=1S/C11H12N2O/c1-7-4-8(2)10-9(5-7)11(14)13(3)6-12-10/h4-6H,1-3H3. The molecule has 14 heavy (non-hydrogen) atoms. The molecule has 0 aliphatic rings. The molecule has 72 valence electrons. The molecule has 2 aromatic rings. The van der Waals surface area contributed by atoms with Gasteiger partial charge < -0.3 is 4.57 Å². The van der Waals surface area contributed by atoms with Gasteiger partial charge in [-0.05, 0) is 31.0 Å². The fourth-order valence-electron chi connectivity index (χ4n) is 1.68. The van der Waals surface area contributed by atoms with Crippen LogP contribution in [0, 0.1) is 13.8 Å². The monoisotopic (exact) mass is 188 g/mol. The number of aromatic nitrogens is 2. The van der Waals surface area contributed by atoms with Gasteiger partial charge >= 0.3 is 0 Å². The van der Waals surface area contributed by atoms with Gasteiger partial charge in [0.05, 0.1) is 17.2 Å². The quantitative estimate of drug-likeness (QED) is 0.628. The third-order valence-electron chi connectivity index (χ3n) is 2.36. The average Bonchev–Trinajstić information content (AvgIpc) is 2.12. The lowest BCUT2D eigenvalue weighted by Crippen LogP contribution is -2.17. The fourth-order valence-corrected chi connectivity index (χ4v) is 1.68. The van der Waals surface area contributed by atoms with Crippen molar-refractivity contribution in [3.8, 4) is 0 Å². The maximum atomic E-state index is 11.8. The van der Waals surface area contributed by atoms with Gasteiger partial charge in [-0.25, -0.2) is 4.98 Å². The first kappa shape index (κ1) is 8.94. The molecule has 2 rings (SSSR count). The van der Waals surface area contributed by atoms with Gasteiger partial charge in [0.1, 0.15) is 0 Å².